The second-order valence-corrected chi connectivity index (χ2v) is 3.94. The van der Waals surface area contributed by atoms with E-state index in [0.29, 0.717) is 12.2 Å². The first-order chi connectivity index (χ1) is 8.17. The van der Waals surface area contributed by atoms with E-state index in [-0.39, 0.29) is 5.63 Å². The van der Waals surface area contributed by atoms with Gasteiger partial charge in [-0.3, -0.25) is 0 Å². The van der Waals surface area contributed by atoms with E-state index >= 15 is 0 Å². The molecule has 0 aliphatic rings. The minimum absolute atomic E-state index is 0.300. The summed E-state index contributed by atoms with van der Waals surface area (Å²) in [4.78, 5) is 11.5. The highest BCUT2D eigenvalue weighted by Gasteiger charge is 2.10. The number of ether oxygens (including phenoxy) is 1. The lowest BCUT2D eigenvalue weighted by atomic mass is 10.0. The molecule has 0 bridgehead atoms. The van der Waals surface area contributed by atoms with Crippen molar-refractivity contribution in [2.24, 2.45) is 0 Å². The molecule has 1 aromatic carbocycles. The smallest absolute Gasteiger partial charge is 0.336 e. The van der Waals surface area contributed by atoms with Crippen LogP contribution in [0.1, 0.15) is 25.0 Å². The molecule has 2 rings (SSSR count). The molecule has 17 heavy (non-hydrogen) atoms. The fraction of sp³-hybridized carbons (Fsp3) is 0.357. The molecule has 0 amide bonds. The van der Waals surface area contributed by atoms with Gasteiger partial charge in [0.25, 0.3) is 0 Å². The molecule has 1 aromatic heterocycles. The summed E-state index contributed by atoms with van der Waals surface area (Å²) in [5.41, 5.74) is 2.24. The van der Waals surface area contributed by atoms with E-state index in [1.54, 1.807) is 6.07 Å². The number of fused-ring (bicyclic) bond motifs is 1. The zero-order valence-electron chi connectivity index (χ0n) is 10.4. The Kier molecular flexibility index (Phi) is 3.18. The Bertz CT molecular complexity index is 596. The Labute approximate surface area is 100 Å². The molecule has 0 radical (unpaired) electrons. The van der Waals surface area contributed by atoms with Crippen molar-refractivity contribution >= 4 is 11.0 Å². The van der Waals surface area contributed by atoms with Crippen LogP contribution in [-0.2, 0) is 6.42 Å². The van der Waals surface area contributed by atoms with Gasteiger partial charge in [-0.25, -0.2) is 4.79 Å². The van der Waals surface area contributed by atoms with E-state index in [9.17, 15) is 4.79 Å². The van der Waals surface area contributed by atoms with Crippen molar-refractivity contribution in [1.29, 1.82) is 0 Å². The Balaban J connectivity index is 2.76. The summed E-state index contributed by atoms with van der Waals surface area (Å²) >= 11 is 0. The molecule has 3 heteroatoms. The van der Waals surface area contributed by atoms with Crippen molar-refractivity contribution in [2.75, 3.05) is 6.61 Å². The standard InChI is InChI=1S/C14H16O3/c1-4-10-8-13(15)17-14-9(3)12(16-5-2)7-6-11(10)14/h6-8H,4-5H2,1-3H3. The van der Waals surface area contributed by atoms with Crippen molar-refractivity contribution in [3.63, 3.8) is 0 Å². The lowest BCUT2D eigenvalue weighted by molar-refractivity contribution is 0.337. The highest BCUT2D eigenvalue weighted by atomic mass is 16.5. The normalized spacial score (nSPS) is 10.8. The lowest BCUT2D eigenvalue weighted by Crippen LogP contribution is -2.02. The predicted molar refractivity (Wildman–Crippen MR) is 67.8 cm³/mol. The van der Waals surface area contributed by atoms with Gasteiger partial charge in [-0.2, -0.15) is 0 Å². The van der Waals surface area contributed by atoms with Crippen molar-refractivity contribution in [2.45, 2.75) is 27.2 Å². The fourth-order valence-corrected chi connectivity index (χ4v) is 2.01. The molecule has 2 aromatic rings. The molecule has 0 saturated heterocycles. The van der Waals surface area contributed by atoms with E-state index in [1.807, 2.05) is 32.9 Å². The maximum absolute atomic E-state index is 11.5. The Morgan fingerprint density at radius 1 is 1.29 bits per heavy atom. The number of rotatable bonds is 3. The van der Waals surface area contributed by atoms with Gasteiger partial charge < -0.3 is 9.15 Å². The number of hydrogen-bond donors (Lipinski definition) is 0. The predicted octanol–water partition coefficient (Wildman–Crippen LogP) is 3.06. The van der Waals surface area contributed by atoms with E-state index in [0.717, 1.165) is 28.7 Å². The van der Waals surface area contributed by atoms with Gasteiger partial charge >= 0.3 is 5.63 Å². The molecule has 0 aliphatic heterocycles. The molecule has 0 saturated carbocycles. The third kappa shape index (κ3) is 2.05. The maximum atomic E-state index is 11.5. The van der Waals surface area contributed by atoms with E-state index < -0.39 is 0 Å². The van der Waals surface area contributed by atoms with Crippen LogP contribution >= 0.6 is 0 Å². The minimum Gasteiger partial charge on any atom is -0.493 e. The van der Waals surface area contributed by atoms with Crippen LogP contribution < -0.4 is 10.4 Å². The fourth-order valence-electron chi connectivity index (χ4n) is 2.01. The summed E-state index contributed by atoms with van der Waals surface area (Å²) in [5.74, 6) is 0.774. The topological polar surface area (TPSA) is 39.4 Å². The van der Waals surface area contributed by atoms with Crippen LogP contribution in [-0.4, -0.2) is 6.61 Å². The molecule has 0 spiro atoms. The van der Waals surface area contributed by atoms with E-state index in [1.165, 1.54) is 0 Å². The summed E-state index contributed by atoms with van der Waals surface area (Å²) < 4.78 is 10.8. The number of aryl methyl sites for hydroxylation is 2. The van der Waals surface area contributed by atoms with Crippen LogP contribution in [0.4, 0.5) is 0 Å². The van der Waals surface area contributed by atoms with Gasteiger partial charge in [0.15, 0.2) is 0 Å². The molecule has 90 valence electrons. The third-order valence-corrected chi connectivity index (χ3v) is 2.88. The summed E-state index contributed by atoms with van der Waals surface area (Å²) in [6.07, 6.45) is 0.815. The van der Waals surface area contributed by atoms with Crippen LogP contribution in [0.25, 0.3) is 11.0 Å². The van der Waals surface area contributed by atoms with Crippen LogP contribution in [0.3, 0.4) is 0 Å². The van der Waals surface area contributed by atoms with Crippen LogP contribution in [0.5, 0.6) is 5.75 Å². The minimum atomic E-state index is -0.300. The maximum Gasteiger partial charge on any atom is 0.336 e. The summed E-state index contributed by atoms with van der Waals surface area (Å²) in [6, 6.07) is 5.44. The monoisotopic (exact) mass is 232 g/mol. The van der Waals surface area contributed by atoms with Crippen molar-refractivity contribution < 1.29 is 9.15 Å². The third-order valence-electron chi connectivity index (χ3n) is 2.88. The van der Waals surface area contributed by atoms with Crippen LogP contribution in [0.2, 0.25) is 0 Å². The molecular weight excluding hydrogens is 216 g/mol. The summed E-state index contributed by atoms with van der Waals surface area (Å²) in [5, 5.41) is 0.994. The van der Waals surface area contributed by atoms with Crippen molar-refractivity contribution in [3.8, 4) is 5.75 Å². The van der Waals surface area contributed by atoms with Gasteiger partial charge in [0.05, 0.1) is 6.61 Å². The Morgan fingerprint density at radius 2 is 2.06 bits per heavy atom. The quantitative estimate of drug-likeness (QED) is 0.763. The second-order valence-electron chi connectivity index (χ2n) is 3.94. The highest BCUT2D eigenvalue weighted by Crippen LogP contribution is 2.28. The van der Waals surface area contributed by atoms with E-state index in [2.05, 4.69) is 0 Å². The lowest BCUT2D eigenvalue weighted by Gasteiger charge is -2.10. The van der Waals surface area contributed by atoms with Gasteiger partial charge in [0.1, 0.15) is 11.3 Å². The molecule has 1 heterocycles. The van der Waals surface area contributed by atoms with Gasteiger partial charge in [0.2, 0.25) is 0 Å². The van der Waals surface area contributed by atoms with Gasteiger partial charge in [-0.05, 0) is 38.0 Å². The molecule has 0 unspecified atom stereocenters. The Hall–Kier alpha value is -1.77. The van der Waals surface area contributed by atoms with Crippen LogP contribution in [0, 0.1) is 6.92 Å². The first-order valence-corrected chi connectivity index (χ1v) is 5.86. The average molecular weight is 232 g/mol. The van der Waals surface area contributed by atoms with Gasteiger partial charge in [-0.15, -0.1) is 0 Å². The molecule has 0 fully saturated rings. The highest BCUT2D eigenvalue weighted by molar-refractivity contribution is 5.84. The largest absolute Gasteiger partial charge is 0.493 e. The van der Waals surface area contributed by atoms with Crippen molar-refractivity contribution in [3.05, 3.63) is 39.7 Å². The molecule has 0 aliphatic carbocycles. The first kappa shape index (κ1) is 11.7. The average Bonchev–Trinajstić information content (AvgIpc) is 2.32. The SMILES string of the molecule is CCOc1ccc2c(CC)cc(=O)oc2c1C. The zero-order chi connectivity index (χ0) is 12.4. The summed E-state index contributed by atoms with van der Waals surface area (Å²) in [6.45, 7) is 6.47. The molecular formula is C14H16O3. The molecule has 0 atom stereocenters. The van der Waals surface area contributed by atoms with Gasteiger partial charge in [-0.1, -0.05) is 6.92 Å². The number of benzene rings is 1. The number of hydrogen-bond acceptors (Lipinski definition) is 3. The second kappa shape index (κ2) is 4.62. The van der Waals surface area contributed by atoms with Crippen LogP contribution in [0.15, 0.2) is 27.4 Å². The molecule has 3 nitrogen and oxygen atoms in total. The van der Waals surface area contributed by atoms with E-state index in [4.69, 9.17) is 9.15 Å². The molecule has 0 N–H and O–H groups in total. The summed E-state index contributed by atoms with van der Waals surface area (Å²) in [7, 11) is 0. The first-order valence-electron chi connectivity index (χ1n) is 5.86. The Morgan fingerprint density at radius 3 is 2.71 bits per heavy atom. The van der Waals surface area contributed by atoms with Crippen molar-refractivity contribution in [1.82, 2.24) is 0 Å². The van der Waals surface area contributed by atoms with Gasteiger partial charge in [0, 0.05) is 17.0 Å². The zero-order valence-corrected chi connectivity index (χ0v) is 10.4.